The van der Waals surface area contributed by atoms with Gasteiger partial charge in [-0.1, -0.05) is 38.1 Å². The second-order valence-electron chi connectivity index (χ2n) is 10.6. The van der Waals surface area contributed by atoms with Crippen LogP contribution >= 0.6 is 0 Å². The first-order valence-electron chi connectivity index (χ1n) is 12.5. The number of hydrogen-bond acceptors (Lipinski definition) is 5. The Bertz CT molecular complexity index is 1010. The van der Waals surface area contributed by atoms with E-state index in [1.807, 2.05) is 12.1 Å². The molecule has 3 heterocycles. The number of carbonyl (C=O) groups is 1. The molecule has 3 fully saturated rings. The zero-order valence-corrected chi connectivity index (χ0v) is 20.5. The minimum absolute atomic E-state index is 0.0128. The summed E-state index contributed by atoms with van der Waals surface area (Å²) in [5, 5.41) is 3.27. The number of methoxy groups -OCH3 is 1. The van der Waals surface area contributed by atoms with Crippen molar-refractivity contribution < 1.29 is 19.0 Å². The number of alkyl carbamates (subject to hydrolysis) is 1. The van der Waals surface area contributed by atoms with Crippen molar-refractivity contribution in [3.63, 3.8) is 0 Å². The molecule has 1 aliphatic carbocycles. The lowest BCUT2D eigenvalue weighted by Gasteiger charge is -2.44. The molecule has 2 aromatic rings. The van der Waals surface area contributed by atoms with Crippen molar-refractivity contribution in [2.45, 2.75) is 51.7 Å². The zero-order valence-electron chi connectivity index (χ0n) is 20.5. The molecule has 0 spiro atoms. The van der Waals surface area contributed by atoms with Crippen molar-refractivity contribution in [2.75, 3.05) is 33.5 Å². The van der Waals surface area contributed by atoms with Gasteiger partial charge in [-0.05, 0) is 90.6 Å². The normalized spacial score (nSPS) is 27.0. The minimum atomic E-state index is -0.283. The summed E-state index contributed by atoms with van der Waals surface area (Å²) in [5.41, 5.74) is 4.69. The average Bonchev–Trinajstić information content (AvgIpc) is 2.85. The quantitative estimate of drug-likeness (QED) is 0.598. The maximum atomic E-state index is 13.1. The molecule has 34 heavy (non-hydrogen) atoms. The number of carbonyl (C=O) groups excluding carboxylic acids is 1. The highest BCUT2D eigenvalue weighted by Gasteiger charge is 2.40. The highest BCUT2D eigenvalue weighted by atomic mass is 16.7. The second-order valence-corrected chi connectivity index (χ2v) is 10.6. The summed E-state index contributed by atoms with van der Waals surface area (Å²) in [6, 6.07) is 14.6. The third-order valence-corrected chi connectivity index (χ3v) is 7.92. The molecule has 1 amide bonds. The van der Waals surface area contributed by atoms with Gasteiger partial charge in [-0.2, -0.15) is 0 Å². The molecule has 182 valence electrons. The van der Waals surface area contributed by atoms with Crippen LogP contribution < -0.4 is 10.1 Å². The molecule has 6 nitrogen and oxygen atoms in total. The van der Waals surface area contributed by atoms with Crippen LogP contribution in [0.15, 0.2) is 42.5 Å². The number of aryl methyl sites for hydroxylation is 1. The topological polar surface area (TPSA) is 60.0 Å². The molecule has 4 aliphatic rings. The molecule has 2 bridgehead atoms. The molecular weight excluding hydrogens is 428 g/mol. The Morgan fingerprint density at radius 3 is 2.50 bits per heavy atom. The van der Waals surface area contributed by atoms with E-state index in [2.05, 4.69) is 54.4 Å². The van der Waals surface area contributed by atoms with Crippen LogP contribution in [0.1, 0.15) is 50.3 Å². The number of ether oxygens (including phenoxy) is 3. The van der Waals surface area contributed by atoms with Crippen molar-refractivity contribution in [3.8, 4) is 16.9 Å². The first-order chi connectivity index (χ1) is 16.4. The van der Waals surface area contributed by atoms with Gasteiger partial charge in [-0.25, -0.2) is 4.79 Å². The summed E-state index contributed by atoms with van der Waals surface area (Å²) in [6.07, 6.45) is 4.03. The molecule has 6 heteroatoms. The molecule has 1 N–H and O–H groups in total. The summed E-state index contributed by atoms with van der Waals surface area (Å²) in [5.74, 6) is 1.28. The zero-order chi connectivity index (χ0) is 23.7. The van der Waals surface area contributed by atoms with Crippen LogP contribution in [0.5, 0.6) is 5.75 Å². The Kier molecular flexibility index (Phi) is 6.54. The lowest BCUT2D eigenvalue weighted by Crippen LogP contribution is -2.53. The lowest BCUT2D eigenvalue weighted by molar-refractivity contribution is -0.0353. The molecule has 3 saturated heterocycles. The maximum absolute atomic E-state index is 13.1. The van der Waals surface area contributed by atoms with Gasteiger partial charge in [0.05, 0.1) is 6.04 Å². The van der Waals surface area contributed by atoms with E-state index in [9.17, 15) is 4.79 Å². The number of benzene rings is 2. The maximum Gasteiger partial charge on any atom is 0.407 e. The van der Waals surface area contributed by atoms with E-state index in [-0.39, 0.29) is 30.4 Å². The van der Waals surface area contributed by atoms with E-state index in [0.717, 1.165) is 62.2 Å². The molecule has 0 aromatic heterocycles. The second kappa shape index (κ2) is 9.59. The van der Waals surface area contributed by atoms with Gasteiger partial charge in [0.1, 0.15) is 11.9 Å². The Morgan fingerprint density at radius 1 is 1.09 bits per heavy atom. The SMILES string of the molecule is COCOc1ccc(-c2ccc3c(c2)C(NC(=O)O[C@@H]2CN4CCC2CC4)C(C)(C)CC3)cc1. The van der Waals surface area contributed by atoms with Crippen molar-refractivity contribution in [2.24, 2.45) is 11.3 Å². The molecule has 1 unspecified atom stereocenters. The van der Waals surface area contributed by atoms with Crippen LogP contribution in [0.4, 0.5) is 4.79 Å². The van der Waals surface area contributed by atoms with Crippen molar-refractivity contribution in [1.29, 1.82) is 0 Å². The fraction of sp³-hybridized carbons (Fsp3) is 0.536. The van der Waals surface area contributed by atoms with E-state index in [1.165, 1.54) is 11.1 Å². The van der Waals surface area contributed by atoms with Gasteiger partial charge in [0.2, 0.25) is 0 Å². The van der Waals surface area contributed by atoms with E-state index >= 15 is 0 Å². The van der Waals surface area contributed by atoms with Crippen LogP contribution in [-0.2, 0) is 15.9 Å². The van der Waals surface area contributed by atoms with Crippen LogP contribution in [0.25, 0.3) is 11.1 Å². The minimum Gasteiger partial charge on any atom is -0.468 e. The van der Waals surface area contributed by atoms with E-state index in [1.54, 1.807) is 7.11 Å². The van der Waals surface area contributed by atoms with Gasteiger partial charge >= 0.3 is 6.09 Å². The fourth-order valence-corrected chi connectivity index (χ4v) is 5.77. The number of amides is 1. The number of nitrogens with one attached hydrogen (secondary N) is 1. The Hall–Kier alpha value is -2.57. The van der Waals surface area contributed by atoms with Crippen LogP contribution in [0, 0.1) is 11.3 Å². The fourth-order valence-electron chi connectivity index (χ4n) is 5.77. The summed E-state index contributed by atoms with van der Waals surface area (Å²) in [7, 11) is 1.61. The number of rotatable bonds is 6. The molecule has 2 aromatic carbocycles. The van der Waals surface area contributed by atoms with Crippen molar-refractivity contribution in [1.82, 2.24) is 10.2 Å². The van der Waals surface area contributed by atoms with Gasteiger partial charge < -0.3 is 19.5 Å². The average molecular weight is 465 g/mol. The molecule has 0 radical (unpaired) electrons. The molecule has 0 saturated carbocycles. The number of piperidine rings is 3. The monoisotopic (exact) mass is 464 g/mol. The third kappa shape index (κ3) is 4.80. The molecule has 2 atom stereocenters. The van der Waals surface area contributed by atoms with Gasteiger partial charge in [0.25, 0.3) is 0 Å². The van der Waals surface area contributed by atoms with Gasteiger partial charge in [0, 0.05) is 13.7 Å². The Balaban J connectivity index is 1.34. The lowest BCUT2D eigenvalue weighted by atomic mass is 9.70. The van der Waals surface area contributed by atoms with E-state index < -0.39 is 0 Å². The first-order valence-corrected chi connectivity index (χ1v) is 12.5. The number of fused-ring (bicyclic) bond motifs is 4. The Labute approximate surface area is 202 Å². The smallest absolute Gasteiger partial charge is 0.407 e. The summed E-state index contributed by atoms with van der Waals surface area (Å²) in [4.78, 5) is 15.5. The van der Waals surface area contributed by atoms with Crippen molar-refractivity contribution >= 4 is 6.09 Å². The molecular formula is C28H36N2O4. The third-order valence-electron chi connectivity index (χ3n) is 7.92. The van der Waals surface area contributed by atoms with Gasteiger partial charge in [0.15, 0.2) is 6.79 Å². The van der Waals surface area contributed by atoms with Gasteiger partial charge in [-0.15, -0.1) is 0 Å². The summed E-state index contributed by atoms with van der Waals surface area (Å²) in [6.45, 7) is 7.86. The predicted molar refractivity (Wildman–Crippen MR) is 132 cm³/mol. The van der Waals surface area contributed by atoms with Crippen LogP contribution in [-0.4, -0.2) is 50.6 Å². The van der Waals surface area contributed by atoms with Crippen molar-refractivity contribution in [3.05, 3.63) is 53.6 Å². The summed E-state index contributed by atoms with van der Waals surface area (Å²) < 4.78 is 16.5. The van der Waals surface area contributed by atoms with Gasteiger partial charge in [-0.3, -0.25) is 4.90 Å². The summed E-state index contributed by atoms with van der Waals surface area (Å²) >= 11 is 0. The largest absolute Gasteiger partial charge is 0.468 e. The first kappa shape index (κ1) is 23.2. The highest BCUT2D eigenvalue weighted by molar-refractivity contribution is 5.70. The van der Waals surface area contributed by atoms with E-state index in [0.29, 0.717) is 5.92 Å². The van der Waals surface area contributed by atoms with Crippen LogP contribution in [0.2, 0.25) is 0 Å². The number of nitrogens with zero attached hydrogens (tertiary/aromatic N) is 1. The van der Waals surface area contributed by atoms with Crippen LogP contribution in [0.3, 0.4) is 0 Å². The van der Waals surface area contributed by atoms with E-state index in [4.69, 9.17) is 14.2 Å². The molecule has 6 rings (SSSR count). The molecule has 3 aliphatic heterocycles. The number of hydrogen-bond donors (Lipinski definition) is 1. The standard InChI is InChI=1S/C28H36N2O4/c1-28(2)13-10-20-4-5-22(19-6-8-23(9-7-19)33-18-32-3)16-24(20)26(28)29-27(31)34-25-17-30-14-11-21(25)12-15-30/h4-9,16,21,25-26H,10-15,17-18H2,1-3H3,(H,29,31)/t25-,26?/m1/s1. The highest BCUT2D eigenvalue weighted by Crippen LogP contribution is 2.45. The predicted octanol–water partition coefficient (Wildman–Crippen LogP) is 5.17. The Morgan fingerprint density at radius 2 is 1.82 bits per heavy atom.